The van der Waals surface area contributed by atoms with E-state index in [1.54, 1.807) is 19.4 Å². The van der Waals surface area contributed by atoms with E-state index in [-0.39, 0.29) is 5.91 Å². The average Bonchev–Trinajstić information content (AvgIpc) is 2.66. The van der Waals surface area contributed by atoms with Crippen molar-refractivity contribution in [3.63, 3.8) is 0 Å². The predicted octanol–water partition coefficient (Wildman–Crippen LogP) is 3.65. The Morgan fingerprint density at radius 2 is 1.76 bits per heavy atom. The molecule has 134 valence electrons. The van der Waals surface area contributed by atoms with Gasteiger partial charge in [-0.2, -0.15) is 0 Å². The number of anilines is 1. The monoisotopic (exact) mass is 341 g/mol. The molecule has 2 rings (SSSR count). The minimum atomic E-state index is -0.167. The van der Waals surface area contributed by atoms with Crippen LogP contribution in [0.15, 0.2) is 42.6 Å². The van der Waals surface area contributed by atoms with Crippen molar-refractivity contribution in [3.8, 4) is 5.75 Å². The average molecular weight is 341 g/mol. The number of ether oxygens (including phenoxy) is 1. The zero-order chi connectivity index (χ0) is 18.1. The second kappa shape index (κ2) is 9.67. The van der Waals surface area contributed by atoms with Crippen molar-refractivity contribution in [2.45, 2.75) is 33.2 Å². The quantitative estimate of drug-likeness (QED) is 0.756. The van der Waals surface area contributed by atoms with Crippen LogP contribution in [0.4, 0.5) is 5.69 Å². The van der Waals surface area contributed by atoms with E-state index in [9.17, 15) is 4.79 Å². The number of aromatic nitrogens is 1. The van der Waals surface area contributed by atoms with Crippen LogP contribution in [0.2, 0.25) is 0 Å². The minimum Gasteiger partial charge on any atom is -0.497 e. The van der Waals surface area contributed by atoms with Crippen molar-refractivity contribution in [2.24, 2.45) is 0 Å². The lowest BCUT2D eigenvalue weighted by Gasteiger charge is -2.23. The maximum Gasteiger partial charge on any atom is 0.270 e. The van der Waals surface area contributed by atoms with Gasteiger partial charge in [0.25, 0.3) is 5.91 Å². The number of carbonyl (C=O) groups is 1. The number of nitrogens with one attached hydrogen (secondary N) is 1. The summed E-state index contributed by atoms with van der Waals surface area (Å²) in [6.07, 6.45) is 3.96. The molecule has 0 unspecified atom stereocenters. The summed E-state index contributed by atoms with van der Waals surface area (Å²) in [5.41, 5.74) is 2.52. The van der Waals surface area contributed by atoms with Crippen LogP contribution < -0.4 is 15.0 Å². The van der Waals surface area contributed by atoms with Gasteiger partial charge in [0.15, 0.2) is 0 Å². The van der Waals surface area contributed by atoms with Gasteiger partial charge in [0.05, 0.1) is 19.0 Å². The van der Waals surface area contributed by atoms with Gasteiger partial charge in [0, 0.05) is 19.6 Å². The molecule has 1 amide bonds. The fraction of sp³-hybridized carbons (Fsp3) is 0.400. The smallest absolute Gasteiger partial charge is 0.270 e. The number of amides is 1. The molecule has 5 nitrogen and oxygen atoms in total. The molecule has 1 heterocycles. The van der Waals surface area contributed by atoms with Gasteiger partial charge < -0.3 is 15.0 Å². The first-order valence-electron chi connectivity index (χ1n) is 8.80. The molecule has 0 fully saturated rings. The summed E-state index contributed by atoms with van der Waals surface area (Å²) in [5.74, 6) is 0.635. The van der Waals surface area contributed by atoms with Crippen molar-refractivity contribution in [2.75, 3.05) is 25.1 Å². The summed E-state index contributed by atoms with van der Waals surface area (Å²) in [6.45, 7) is 6.79. The highest BCUT2D eigenvalue weighted by Crippen LogP contribution is 2.15. The zero-order valence-corrected chi connectivity index (χ0v) is 15.3. The van der Waals surface area contributed by atoms with E-state index in [0.29, 0.717) is 12.2 Å². The van der Waals surface area contributed by atoms with Crippen LogP contribution in [0.3, 0.4) is 0 Å². The lowest BCUT2D eigenvalue weighted by Crippen LogP contribution is -2.26. The fourth-order valence-electron chi connectivity index (χ4n) is 2.63. The summed E-state index contributed by atoms with van der Waals surface area (Å²) in [6, 6.07) is 11.4. The number of hydrogen-bond acceptors (Lipinski definition) is 4. The number of pyridine rings is 1. The standard InChI is InChI=1S/C20H27N3O2/c1-4-12-23(13-5-2)17-8-11-19(21-15-17)20(24)22-14-16-6-9-18(25-3)10-7-16/h6-11,15H,4-5,12-14H2,1-3H3,(H,22,24). The number of rotatable bonds is 9. The van der Waals surface area contributed by atoms with Crippen LogP contribution >= 0.6 is 0 Å². The molecule has 0 saturated heterocycles. The molecule has 0 aliphatic heterocycles. The molecule has 0 atom stereocenters. The van der Waals surface area contributed by atoms with Crippen molar-refractivity contribution >= 4 is 11.6 Å². The molecule has 1 aromatic heterocycles. The van der Waals surface area contributed by atoms with Crippen LogP contribution in [0.1, 0.15) is 42.7 Å². The third-order valence-corrected chi connectivity index (χ3v) is 3.94. The van der Waals surface area contributed by atoms with Crippen molar-refractivity contribution in [1.29, 1.82) is 0 Å². The minimum absolute atomic E-state index is 0.167. The second-order valence-electron chi connectivity index (χ2n) is 5.92. The van der Waals surface area contributed by atoms with E-state index < -0.39 is 0 Å². The third-order valence-electron chi connectivity index (χ3n) is 3.94. The molecular formula is C20H27N3O2. The summed E-state index contributed by atoms with van der Waals surface area (Å²) < 4.78 is 5.13. The first-order valence-corrected chi connectivity index (χ1v) is 8.80. The van der Waals surface area contributed by atoms with Gasteiger partial charge in [-0.05, 0) is 42.7 Å². The van der Waals surface area contributed by atoms with Crippen molar-refractivity contribution < 1.29 is 9.53 Å². The van der Waals surface area contributed by atoms with Crippen LogP contribution in [0.25, 0.3) is 0 Å². The Bertz CT molecular complexity index is 648. The molecule has 0 spiro atoms. The van der Waals surface area contributed by atoms with E-state index in [4.69, 9.17) is 4.74 Å². The summed E-state index contributed by atoms with van der Waals surface area (Å²) in [4.78, 5) is 18.9. The first-order chi connectivity index (χ1) is 12.2. The normalized spacial score (nSPS) is 10.4. The maximum atomic E-state index is 12.3. The topological polar surface area (TPSA) is 54.5 Å². The van der Waals surface area contributed by atoms with Gasteiger partial charge in [0.1, 0.15) is 11.4 Å². The molecule has 5 heteroatoms. The SMILES string of the molecule is CCCN(CCC)c1ccc(C(=O)NCc2ccc(OC)cc2)nc1. The Morgan fingerprint density at radius 3 is 2.28 bits per heavy atom. The van der Waals surface area contributed by atoms with Gasteiger partial charge in [-0.15, -0.1) is 0 Å². The molecule has 0 aliphatic carbocycles. The Kier molecular flexibility index (Phi) is 7.26. The van der Waals surface area contributed by atoms with Gasteiger partial charge in [-0.3, -0.25) is 4.79 Å². The molecule has 2 aromatic rings. The number of carbonyl (C=O) groups excluding carboxylic acids is 1. The zero-order valence-electron chi connectivity index (χ0n) is 15.3. The van der Waals surface area contributed by atoms with Gasteiger partial charge in [-0.1, -0.05) is 26.0 Å². The van der Waals surface area contributed by atoms with Crippen LogP contribution in [-0.2, 0) is 6.54 Å². The van der Waals surface area contributed by atoms with Gasteiger partial charge in [0.2, 0.25) is 0 Å². The highest BCUT2D eigenvalue weighted by molar-refractivity contribution is 5.92. The van der Waals surface area contributed by atoms with E-state index in [1.165, 1.54) is 0 Å². The highest BCUT2D eigenvalue weighted by atomic mass is 16.5. The number of nitrogens with zero attached hydrogens (tertiary/aromatic N) is 2. The summed E-state index contributed by atoms with van der Waals surface area (Å²) in [7, 11) is 1.63. The molecule has 0 aliphatic rings. The van der Waals surface area contributed by atoms with E-state index in [0.717, 1.165) is 42.9 Å². The molecule has 0 radical (unpaired) electrons. The Morgan fingerprint density at radius 1 is 1.08 bits per heavy atom. The largest absolute Gasteiger partial charge is 0.497 e. The number of benzene rings is 1. The molecular weight excluding hydrogens is 314 g/mol. The number of methoxy groups -OCH3 is 1. The molecule has 1 aromatic carbocycles. The van der Waals surface area contributed by atoms with Crippen LogP contribution in [0.5, 0.6) is 5.75 Å². The predicted molar refractivity (Wildman–Crippen MR) is 101 cm³/mol. The van der Waals surface area contributed by atoms with Gasteiger partial charge >= 0.3 is 0 Å². The second-order valence-corrected chi connectivity index (χ2v) is 5.92. The Labute approximate surface area is 150 Å². The first kappa shape index (κ1) is 18.8. The fourth-order valence-corrected chi connectivity index (χ4v) is 2.63. The third kappa shape index (κ3) is 5.48. The van der Waals surface area contributed by atoms with Crippen molar-refractivity contribution in [1.82, 2.24) is 10.3 Å². The number of hydrogen-bond donors (Lipinski definition) is 1. The Hall–Kier alpha value is -2.56. The molecule has 1 N–H and O–H groups in total. The van der Waals surface area contributed by atoms with Crippen LogP contribution in [0, 0.1) is 0 Å². The Balaban J connectivity index is 1.94. The highest BCUT2D eigenvalue weighted by Gasteiger charge is 2.09. The van der Waals surface area contributed by atoms with Gasteiger partial charge in [-0.25, -0.2) is 4.98 Å². The summed E-state index contributed by atoms with van der Waals surface area (Å²) in [5, 5.41) is 2.90. The molecule has 25 heavy (non-hydrogen) atoms. The van der Waals surface area contributed by atoms with Crippen LogP contribution in [-0.4, -0.2) is 31.1 Å². The summed E-state index contributed by atoms with van der Waals surface area (Å²) >= 11 is 0. The lowest BCUT2D eigenvalue weighted by molar-refractivity contribution is 0.0946. The van der Waals surface area contributed by atoms with E-state index in [2.05, 4.69) is 29.0 Å². The molecule has 0 bridgehead atoms. The van der Waals surface area contributed by atoms with Crippen molar-refractivity contribution in [3.05, 3.63) is 53.9 Å². The maximum absolute atomic E-state index is 12.3. The lowest BCUT2D eigenvalue weighted by atomic mass is 10.2. The van der Waals surface area contributed by atoms with E-state index >= 15 is 0 Å². The van der Waals surface area contributed by atoms with E-state index in [1.807, 2.05) is 30.3 Å². The molecule has 0 saturated carbocycles.